The van der Waals surface area contributed by atoms with Crippen molar-refractivity contribution < 1.29 is 9.47 Å². The summed E-state index contributed by atoms with van der Waals surface area (Å²) in [5, 5.41) is 8.49. The first kappa shape index (κ1) is 20.8. The van der Waals surface area contributed by atoms with E-state index in [1.807, 2.05) is 0 Å². The van der Waals surface area contributed by atoms with Crippen molar-refractivity contribution in [3.05, 3.63) is 23.4 Å². The number of hydrogen-bond donors (Lipinski definition) is 2. The standard InChI is InChI=1S/C25H36N4O2/c1-30-23-14-19-22(15-24(23)31-13-5-12-29-10-2-3-11-29)28-21-6-4-9-26-17-20(21)25(19)27-16-18-7-8-18/h14-15,18,26H,2-13,16-17H2,1H3,(H,27,28). The lowest BCUT2D eigenvalue weighted by Gasteiger charge is -2.19. The first-order valence-electron chi connectivity index (χ1n) is 12.1. The van der Waals surface area contributed by atoms with Gasteiger partial charge in [0, 0.05) is 42.3 Å². The number of benzene rings is 1. The van der Waals surface area contributed by atoms with Crippen molar-refractivity contribution in [2.24, 2.45) is 5.92 Å². The number of nitrogens with zero attached hydrogens (tertiary/aromatic N) is 2. The Morgan fingerprint density at radius 2 is 2.03 bits per heavy atom. The van der Waals surface area contributed by atoms with E-state index in [9.17, 15) is 0 Å². The summed E-state index contributed by atoms with van der Waals surface area (Å²) >= 11 is 0. The van der Waals surface area contributed by atoms with Gasteiger partial charge in [-0.15, -0.1) is 0 Å². The maximum atomic E-state index is 6.19. The highest BCUT2D eigenvalue weighted by Crippen LogP contribution is 2.39. The molecule has 2 aromatic rings. The van der Waals surface area contributed by atoms with Gasteiger partial charge < -0.3 is 25.0 Å². The molecule has 1 saturated carbocycles. The number of rotatable bonds is 9. The molecule has 2 fully saturated rings. The molecule has 3 aliphatic rings. The van der Waals surface area contributed by atoms with Gasteiger partial charge in [0.15, 0.2) is 11.5 Å². The predicted molar refractivity (Wildman–Crippen MR) is 125 cm³/mol. The van der Waals surface area contributed by atoms with E-state index < -0.39 is 0 Å². The summed E-state index contributed by atoms with van der Waals surface area (Å²) in [4.78, 5) is 7.61. The SMILES string of the molecule is COc1cc2c(NCC3CC3)c3c(nc2cc1OCCCN1CCCC1)CCCNC3. The highest BCUT2D eigenvalue weighted by atomic mass is 16.5. The Labute approximate surface area is 185 Å². The number of likely N-dealkylation sites (tertiary alicyclic amines) is 1. The van der Waals surface area contributed by atoms with Gasteiger partial charge in [-0.25, -0.2) is 0 Å². The van der Waals surface area contributed by atoms with E-state index in [0.29, 0.717) is 6.61 Å². The summed E-state index contributed by atoms with van der Waals surface area (Å²) in [6.45, 7) is 7.26. The third kappa shape index (κ3) is 4.90. The number of pyridine rings is 1. The lowest BCUT2D eigenvalue weighted by molar-refractivity contribution is 0.254. The van der Waals surface area contributed by atoms with E-state index in [1.54, 1.807) is 7.11 Å². The molecular formula is C25H36N4O2. The molecule has 1 aromatic carbocycles. The Balaban J connectivity index is 1.40. The van der Waals surface area contributed by atoms with Crippen molar-refractivity contribution in [2.75, 3.05) is 51.8 Å². The van der Waals surface area contributed by atoms with Crippen molar-refractivity contribution in [1.29, 1.82) is 0 Å². The zero-order valence-electron chi connectivity index (χ0n) is 18.8. The first-order chi connectivity index (χ1) is 15.3. The van der Waals surface area contributed by atoms with Crippen LogP contribution in [0.4, 0.5) is 5.69 Å². The summed E-state index contributed by atoms with van der Waals surface area (Å²) in [5.41, 5.74) is 4.79. The summed E-state index contributed by atoms with van der Waals surface area (Å²) in [6.07, 6.45) is 8.55. The molecule has 0 unspecified atom stereocenters. The highest BCUT2D eigenvalue weighted by molar-refractivity contribution is 5.95. The molecule has 0 atom stereocenters. The molecule has 1 aromatic heterocycles. The Hall–Kier alpha value is -2.05. The normalized spacial score (nSPS) is 19.3. The molecule has 0 bridgehead atoms. The number of fused-ring (bicyclic) bond motifs is 2. The summed E-state index contributed by atoms with van der Waals surface area (Å²) in [7, 11) is 1.73. The van der Waals surface area contributed by atoms with Gasteiger partial charge in [-0.1, -0.05) is 0 Å². The van der Waals surface area contributed by atoms with Gasteiger partial charge in [0.1, 0.15) is 0 Å². The zero-order chi connectivity index (χ0) is 21.0. The van der Waals surface area contributed by atoms with Crippen molar-refractivity contribution in [3.8, 4) is 11.5 Å². The minimum Gasteiger partial charge on any atom is -0.493 e. The van der Waals surface area contributed by atoms with E-state index in [4.69, 9.17) is 14.5 Å². The van der Waals surface area contributed by atoms with Crippen LogP contribution in [-0.2, 0) is 13.0 Å². The van der Waals surface area contributed by atoms with Crippen molar-refractivity contribution >= 4 is 16.6 Å². The molecule has 1 aliphatic carbocycles. The van der Waals surface area contributed by atoms with E-state index in [2.05, 4.69) is 27.7 Å². The van der Waals surface area contributed by atoms with E-state index in [0.717, 1.165) is 73.8 Å². The van der Waals surface area contributed by atoms with Crippen LogP contribution in [0.1, 0.15) is 49.8 Å². The van der Waals surface area contributed by atoms with Crippen molar-refractivity contribution in [2.45, 2.75) is 51.5 Å². The third-order valence-corrected chi connectivity index (χ3v) is 6.87. The first-order valence-corrected chi connectivity index (χ1v) is 12.1. The molecule has 2 N–H and O–H groups in total. The molecule has 31 heavy (non-hydrogen) atoms. The highest BCUT2D eigenvalue weighted by Gasteiger charge is 2.24. The Bertz CT molecular complexity index is 906. The molecule has 0 spiro atoms. The van der Waals surface area contributed by atoms with Crippen LogP contribution in [0.15, 0.2) is 12.1 Å². The molecule has 5 rings (SSSR count). The number of nitrogens with one attached hydrogen (secondary N) is 2. The fourth-order valence-corrected chi connectivity index (χ4v) is 4.87. The number of methoxy groups -OCH3 is 1. The molecule has 0 amide bonds. The van der Waals surface area contributed by atoms with Crippen LogP contribution in [0.5, 0.6) is 11.5 Å². The van der Waals surface area contributed by atoms with Gasteiger partial charge >= 0.3 is 0 Å². The number of hydrogen-bond acceptors (Lipinski definition) is 6. The summed E-state index contributed by atoms with van der Waals surface area (Å²) < 4.78 is 11.9. The number of aromatic nitrogens is 1. The lowest BCUT2D eigenvalue weighted by Crippen LogP contribution is -2.21. The van der Waals surface area contributed by atoms with Gasteiger partial charge in [0.2, 0.25) is 0 Å². The number of anilines is 1. The van der Waals surface area contributed by atoms with Gasteiger partial charge in [-0.05, 0) is 76.6 Å². The van der Waals surface area contributed by atoms with Crippen LogP contribution in [0.2, 0.25) is 0 Å². The van der Waals surface area contributed by atoms with Crippen LogP contribution in [0.25, 0.3) is 10.9 Å². The average molecular weight is 425 g/mol. The van der Waals surface area contributed by atoms with Gasteiger partial charge in [-0.3, -0.25) is 4.98 Å². The summed E-state index contributed by atoms with van der Waals surface area (Å²) in [5.74, 6) is 2.42. The molecule has 1 saturated heterocycles. The molecular weight excluding hydrogens is 388 g/mol. The van der Waals surface area contributed by atoms with Gasteiger partial charge in [0.05, 0.1) is 24.9 Å². The Morgan fingerprint density at radius 3 is 2.84 bits per heavy atom. The molecule has 168 valence electrons. The van der Waals surface area contributed by atoms with Crippen LogP contribution >= 0.6 is 0 Å². The monoisotopic (exact) mass is 424 g/mol. The minimum absolute atomic E-state index is 0.708. The maximum absolute atomic E-state index is 6.19. The Kier molecular flexibility index (Phi) is 6.46. The van der Waals surface area contributed by atoms with Crippen LogP contribution < -0.4 is 20.1 Å². The fourth-order valence-electron chi connectivity index (χ4n) is 4.87. The lowest BCUT2D eigenvalue weighted by atomic mass is 10.0. The zero-order valence-corrected chi connectivity index (χ0v) is 18.8. The molecule has 0 radical (unpaired) electrons. The fraction of sp³-hybridized carbons (Fsp3) is 0.640. The van der Waals surface area contributed by atoms with Crippen LogP contribution in [-0.4, -0.2) is 56.3 Å². The average Bonchev–Trinajstić information content (AvgIpc) is 3.53. The van der Waals surface area contributed by atoms with E-state index >= 15 is 0 Å². The van der Waals surface area contributed by atoms with Gasteiger partial charge in [-0.2, -0.15) is 0 Å². The van der Waals surface area contributed by atoms with E-state index in [-0.39, 0.29) is 0 Å². The van der Waals surface area contributed by atoms with Crippen molar-refractivity contribution in [3.63, 3.8) is 0 Å². The van der Waals surface area contributed by atoms with Crippen molar-refractivity contribution in [1.82, 2.24) is 15.2 Å². The molecule has 6 heteroatoms. The van der Waals surface area contributed by atoms with Gasteiger partial charge in [0.25, 0.3) is 0 Å². The third-order valence-electron chi connectivity index (χ3n) is 6.87. The minimum atomic E-state index is 0.708. The summed E-state index contributed by atoms with van der Waals surface area (Å²) in [6, 6.07) is 4.21. The quantitative estimate of drug-likeness (QED) is 0.594. The van der Waals surface area contributed by atoms with Crippen LogP contribution in [0.3, 0.4) is 0 Å². The second kappa shape index (κ2) is 9.61. The van der Waals surface area contributed by atoms with E-state index in [1.165, 1.54) is 55.7 Å². The molecule has 6 nitrogen and oxygen atoms in total. The second-order valence-electron chi connectivity index (χ2n) is 9.29. The second-order valence-corrected chi connectivity index (χ2v) is 9.29. The number of aryl methyl sites for hydroxylation is 1. The topological polar surface area (TPSA) is 58.6 Å². The number of ether oxygens (including phenoxy) is 2. The largest absolute Gasteiger partial charge is 0.493 e. The van der Waals surface area contributed by atoms with Crippen LogP contribution in [0, 0.1) is 5.92 Å². The smallest absolute Gasteiger partial charge is 0.163 e. The maximum Gasteiger partial charge on any atom is 0.163 e. The molecule has 3 heterocycles. The Morgan fingerprint density at radius 1 is 1.16 bits per heavy atom. The molecule has 2 aliphatic heterocycles. The predicted octanol–water partition coefficient (Wildman–Crippen LogP) is 3.97.